The van der Waals surface area contributed by atoms with E-state index in [2.05, 4.69) is 0 Å². The van der Waals surface area contributed by atoms with Gasteiger partial charge >= 0.3 is 0 Å². The second-order valence-electron chi connectivity index (χ2n) is 10.5. The molecule has 3 aliphatic heterocycles. The lowest BCUT2D eigenvalue weighted by molar-refractivity contribution is -0.138. The molecule has 2 bridgehead atoms. The van der Waals surface area contributed by atoms with Crippen molar-refractivity contribution in [3.63, 3.8) is 0 Å². The third kappa shape index (κ3) is 4.48. The van der Waals surface area contributed by atoms with E-state index in [1.54, 1.807) is 4.90 Å². The smallest absolute Gasteiger partial charge is 0.245 e. The molecule has 10 heteroatoms. The molecule has 0 radical (unpaired) electrons. The molecule has 6 nitrogen and oxygen atoms in total. The van der Waals surface area contributed by atoms with Gasteiger partial charge in [-0.2, -0.15) is 0 Å². The number of halogens is 3. The van der Waals surface area contributed by atoms with Crippen molar-refractivity contribution in [1.29, 1.82) is 0 Å². The van der Waals surface area contributed by atoms with Gasteiger partial charge in [-0.25, -0.2) is 25.9 Å². The molecule has 3 heterocycles. The molecule has 3 fully saturated rings. The molecule has 3 saturated heterocycles. The van der Waals surface area contributed by atoms with Gasteiger partial charge in [-0.3, -0.25) is 4.79 Å². The summed E-state index contributed by atoms with van der Waals surface area (Å²) in [5, 5.41) is 0. The second kappa shape index (κ2) is 9.43. The summed E-state index contributed by atoms with van der Waals surface area (Å²) in [7, 11) is -3.80. The van der Waals surface area contributed by atoms with E-state index in [-0.39, 0.29) is 35.9 Å². The van der Waals surface area contributed by atoms with Crippen LogP contribution in [0.2, 0.25) is 0 Å². The molecule has 2 N–H and O–H groups in total. The Morgan fingerprint density at radius 1 is 1.03 bits per heavy atom. The van der Waals surface area contributed by atoms with Gasteiger partial charge in [0.05, 0.1) is 0 Å². The van der Waals surface area contributed by atoms with Gasteiger partial charge < -0.3 is 10.6 Å². The fraction of sp³-hybridized carbons (Fsp3) is 0.708. The summed E-state index contributed by atoms with van der Waals surface area (Å²) in [6.45, 7) is 3.90. The Bertz CT molecular complexity index is 1030. The predicted molar refractivity (Wildman–Crippen MR) is 123 cm³/mol. The number of nitrogens with zero attached hydrogens (tertiary/aromatic N) is 2. The van der Waals surface area contributed by atoms with E-state index in [9.17, 15) is 26.4 Å². The normalized spacial score (nSPS) is 27.1. The van der Waals surface area contributed by atoms with Gasteiger partial charge in [0.15, 0.2) is 16.4 Å². The Morgan fingerprint density at radius 3 is 2.18 bits per heavy atom. The van der Waals surface area contributed by atoms with Crippen molar-refractivity contribution in [2.75, 3.05) is 13.1 Å². The van der Waals surface area contributed by atoms with Crippen LogP contribution in [0, 0.1) is 23.4 Å². The number of fused-ring (bicyclic) bond motifs is 2. The summed E-state index contributed by atoms with van der Waals surface area (Å²) in [5.74, 6) is -3.57. The van der Waals surface area contributed by atoms with Crippen LogP contribution in [-0.4, -0.2) is 59.5 Å². The molecule has 1 aromatic carbocycles. The van der Waals surface area contributed by atoms with Crippen LogP contribution in [0.3, 0.4) is 0 Å². The molecule has 34 heavy (non-hydrogen) atoms. The molecule has 3 atom stereocenters. The number of carbonyl (C=O) groups excluding carboxylic acids is 1. The molecule has 190 valence electrons. The van der Waals surface area contributed by atoms with E-state index >= 15 is 0 Å². The van der Waals surface area contributed by atoms with Gasteiger partial charge in [-0.15, -0.1) is 0 Å². The lowest BCUT2D eigenvalue weighted by Crippen LogP contribution is -2.60. The van der Waals surface area contributed by atoms with E-state index in [4.69, 9.17) is 5.73 Å². The van der Waals surface area contributed by atoms with E-state index in [0.717, 1.165) is 38.2 Å². The summed E-state index contributed by atoms with van der Waals surface area (Å²) in [6, 6.07) is 0.643. The lowest BCUT2D eigenvalue weighted by atomic mass is 9.82. The highest BCUT2D eigenvalue weighted by Gasteiger charge is 2.53. The van der Waals surface area contributed by atoms with Crippen LogP contribution < -0.4 is 5.73 Å². The maximum Gasteiger partial charge on any atom is 0.245 e. The minimum atomic E-state index is -3.80. The zero-order chi connectivity index (χ0) is 24.8. The van der Waals surface area contributed by atoms with Crippen LogP contribution in [0.25, 0.3) is 0 Å². The monoisotopic (exact) mass is 501 g/mol. The predicted octanol–water partition coefficient (Wildman–Crippen LogP) is 3.34. The minimum Gasteiger partial charge on any atom is -0.335 e. The quantitative estimate of drug-likeness (QED) is 0.606. The molecular formula is C24H34F3N3O3S. The fourth-order valence-corrected chi connectivity index (χ4v) is 7.60. The number of carbonyl (C=O) groups is 1. The van der Waals surface area contributed by atoms with Crippen LogP contribution in [0.5, 0.6) is 0 Å². The van der Waals surface area contributed by atoms with Crippen molar-refractivity contribution in [2.24, 2.45) is 11.7 Å². The number of rotatable bonds is 6. The second-order valence-corrected chi connectivity index (χ2v) is 13.0. The standard InChI is InChI=1S/C24H34F3N3O3S/c1-24(2,34(32,33)29-8-4-3-5-9-29)23(31)30-17-6-7-18(30)11-16(10-17)22(28)13-15-12-20(26)21(27)14-19(15)25/h12,14,16-18,22H,3-11,13,28H2,1-2H3/t16?,17?,18?,22-/m1/s1. The van der Waals surface area contributed by atoms with Crippen molar-refractivity contribution in [1.82, 2.24) is 9.21 Å². The average molecular weight is 502 g/mol. The summed E-state index contributed by atoms with van der Waals surface area (Å²) >= 11 is 0. The molecular weight excluding hydrogens is 467 g/mol. The Kier molecular flexibility index (Phi) is 7.05. The summed E-state index contributed by atoms with van der Waals surface area (Å²) in [6.07, 6.45) is 5.34. The van der Waals surface area contributed by atoms with Crippen molar-refractivity contribution in [3.8, 4) is 0 Å². The highest BCUT2D eigenvalue weighted by molar-refractivity contribution is 7.91. The van der Waals surface area contributed by atoms with Gasteiger partial charge in [0.1, 0.15) is 5.82 Å². The van der Waals surface area contributed by atoms with E-state index < -0.39 is 38.3 Å². The third-order valence-electron chi connectivity index (χ3n) is 7.97. The zero-order valence-corrected chi connectivity index (χ0v) is 20.6. The highest BCUT2D eigenvalue weighted by Crippen LogP contribution is 2.42. The van der Waals surface area contributed by atoms with E-state index in [0.29, 0.717) is 32.0 Å². The van der Waals surface area contributed by atoms with Crippen LogP contribution in [-0.2, 0) is 21.2 Å². The first-order chi connectivity index (χ1) is 15.9. The van der Waals surface area contributed by atoms with Crippen molar-refractivity contribution < 1.29 is 26.4 Å². The third-order valence-corrected chi connectivity index (χ3v) is 10.5. The highest BCUT2D eigenvalue weighted by atomic mass is 32.2. The average Bonchev–Trinajstić information content (AvgIpc) is 3.05. The number of nitrogens with two attached hydrogens (primary N) is 1. The first-order valence-electron chi connectivity index (χ1n) is 12.1. The van der Waals surface area contributed by atoms with Crippen LogP contribution in [0.15, 0.2) is 12.1 Å². The lowest BCUT2D eigenvalue weighted by Gasteiger charge is -2.44. The molecule has 1 amide bonds. The number of hydrogen-bond donors (Lipinski definition) is 1. The van der Waals surface area contributed by atoms with Gasteiger partial charge in [-0.1, -0.05) is 6.42 Å². The van der Waals surface area contributed by atoms with Gasteiger partial charge in [0, 0.05) is 37.3 Å². The molecule has 1 aromatic rings. The SMILES string of the molecule is CC(C)(C(=O)N1C2CCC1CC([C@H](N)Cc1cc(F)c(F)cc1F)C2)S(=O)(=O)N1CCCCC1. The fourth-order valence-electron chi connectivity index (χ4n) is 5.89. The first kappa shape index (κ1) is 25.4. The van der Waals surface area contributed by atoms with Crippen molar-refractivity contribution >= 4 is 15.9 Å². The number of benzene rings is 1. The molecule has 0 aliphatic carbocycles. The summed E-state index contributed by atoms with van der Waals surface area (Å²) in [5.41, 5.74) is 6.41. The Morgan fingerprint density at radius 2 is 1.59 bits per heavy atom. The number of piperidine rings is 2. The first-order valence-corrected chi connectivity index (χ1v) is 13.6. The van der Waals surface area contributed by atoms with E-state index in [1.807, 2.05) is 0 Å². The van der Waals surface area contributed by atoms with Crippen LogP contribution in [0.4, 0.5) is 13.2 Å². The molecule has 0 saturated carbocycles. The molecule has 2 unspecified atom stereocenters. The zero-order valence-electron chi connectivity index (χ0n) is 19.8. The summed E-state index contributed by atoms with van der Waals surface area (Å²) in [4.78, 5) is 15.4. The van der Waals surface area contributed by atoms with Crippen molar-refractivity contribution in [2.45, 2.75) is 88.1 Å². The Balaban J connectivity index is 1.46. The molecule has 0 spiro atoms. The van der Waals surface area contributed by atoms with Crippen molar-refractivity contribution in [3.05, 3.63) is 35.1 Å². The van der Waals surface area contributed by atoms with Gasteiger partial charge in [0.2, 0.25) is 15.9 Å². The van der Waals surface area contributed by atoms with E-state index in [1.165, 1.54) is 18.2 Å². The maximum atomic E-state index is 14.1. The van der Waals surface area contributed by atoms with Gasteiger partial charge in [-0.05, 0) is 76.3 Å². The number of hydrogen-bond acceptors (Lipinski definition) is 4. The summed E-state index contributed by atoms with van der Waals surface area (Å²) < 4.78 is 67.5. The Labute approximate surface area is 199 Å². The largest absolute Gasteiger partial charge is 0.335 e. The molecule has 3 aliphatic rings. The minimum absolute atomic E-state index is 0.0316. The van der Waals surface area contributed by atoms with Gasteiger partial charge in [0.25, 0.3) is 0 Å². The molecule has 4 rings (SSSR count). The topological polar surface area (TPSA) is 83.7 Å². The number of amides is 1. The Hall–Kier alpha value is -1.65. The van der Waals surface area contributed by atoms with Crippen LogP contribution in [0.1, 0.15) is 64.4 Å². The van der Waals surface area contributed by atoms with Crippen LogP contribution >= 0.6 is 0 Å². The maximum absolute atomic E-state index is 14.1. The molecule has 0 aromatic heterocycles. The number of sulfonamides is 1.